The van der Waals surface area contributed by atoms with Gasteiger partial charge in [-0.05, 0) is 29.8 Å². The highest BCUT2D eigenvalue weighted by Gasteiger charge is 2.24. The number of para-hydroxylation sites is 2. The number of carbonyl (C=O) groups excluding carboxylic acids is 1. The zero-order valence-corrected chi connectivity index (χ0v) is 15.8. The average Bonchev–Trinajstić information content (AvgIpc) is 2.67. The standard InChI is InChI=1S/C20H22F2N2O4/c1-26-17-9-13-7-8-24(11-14(13)10-18(17)27-2)12-19(25)23-15-5-3-4-6-16(15)28-20(21)22/h3-6,9-10,20H,7-8,11-12H2,1-2H3,(H,23,25)/p+1. The molecule has 1 amide bonds. The molecule has 0 aliphatic carbocycles. The summed E-state index contributed by atoms with van der Waals surface area (Å²) in [6.07, 6.45) is 0.809. The number of amides is 1. The average molecular weight is 393 g/mol. The van der Waals surface area contributed by atoms with Crippen molar-refractivity contribution in [2.75, 3.05) is 32.6 Å². The predicted molar refractivity (Wildman–Crippen MR) is 99.4 cm³/mol. The lowest BCUT2D eigenvalue weighted by molar-refractivity contribution is -0.907. The van der Waals surface area contributed by atoms with Crippen LogP contribution in [0.2, 0.25) is 0 Å². The van der Waals surface area contributed by atoms with Gasteiger partial charge < -0.3 is 24.4 Å². The zero-order chi connectivity index (χ0) is 20.1. The number of fused-ring (bicyclic) bond motifs is 1. The molecule has 0 bridgehead atoms. The Kier molecular flexibility index (Phi) is 6.30. The summed E-state index contributed by atoms with van der Waals surface area (Å²) in [6, 6.07) is 10.1. The van der Waals surface area contributed by atoms with Crippen LogP contribution in [0.5, 0.6) is 17.2 Å². The Labute approximate surface area is 162 Å². The van der Waals surface area contributed by atoms with E-state index in [1.54, 1.807) is 26.4 Å². The highest BCUT2D eigenvalue weighted by atomic mass is 19.3. The molecular weight excluding hydrogens is 370 g/mol. The molecule has 0 aromatic heterocycles. The number of alkyl halides is 2. The molecule has 2 N–H and O–H groups in total. The summed E-state index contributed by atoms with van der Waals surface area (Å²) in [6.45, 7) is -1.28. The molecule has 0 spiro atoms. The molecule has 1 heterocycles. The Morgan fingerprint density at radius 2 is 1.79 bits per heavy atom. The quantitative estimate of drug-likeness (QED) is 0.754. The molecule has 2 aromatic rings. The van der Waals surface area contributed by atoms with Gasteiger partial charge in [0.2, 0.25) is 0 Å². The van der Waals surface area contributed by atoms with Crippen LogP contribution >= 0.6 is 0 Å². The molecule has 0 fully saturated rings. The van der Waals surface area contributed by atoms with E-state index in [0.717, 1.165) is 23.4 Å². The summed E-state index contributed by atoms with van der Waals surface area (Å²) in [5.74, 6) is 1.04. The molecule has 6 nitrogen and oxygen atoms in total. The van der Waals surface area contributed by atoms with E-state index in [-0.39, 0.29) is 23.9 Å². The number of anilines is 1. The molecule has 1 atom stereocenters. The highest BCUT2D eigenvalue weighted by Crippen LogP contribution is 2.31. The minimum Gasteiger partial charge on any atom is -0.493 e. The first-order valence-electron chi connectivity index (χ1n) is 8.91. The summed E-state index contributed by atoms with van der Waals surface area (Å²) >= 11 is 0. The maximum Gasteiger partial charge on any atom is 0.387 e. The fraction of sp³-hybridized carbons (Fsp3) is 0.350. The van der Waals surface area contributed by atoms with Gasteiger partial charge in [0, 0.05) is 12.0 Å². The van der Waals surface area contributed by atoms with Crippen LogP contribution in [-0.2, 0) is 17.8 Å². The summed E-state index contributed by atoms with van der Waals surface area (Å²) in [4.78, 5) is 13.5. The van der Waals surface area contributed by atoms with Crippen LogP contribution in [0.25, 0.3) is 0 Å². The van der Waals surface area contributed by atoms with Crippen molar-refractivity contribution in [1.29, 1.82) is 0 Å². The van der Waals surface area contributed by atoms with Gasteiger partial charge in [0.25, 0.3) is 5.91 Å². The number of benzene rings is 2. The molecule has 150 valence electrons. The van der Waals surface area contributed by atoms with Gasteiger partial charge in [-0.1, -0.05) is 12.1 Å². The monoisotopic (exact) mass is 393 g/mol. The summed E-state index contributed by atoms with van der Waals surface area (Å²) in [5, 5.41) is 2.67. The Morgan fingerprint density at radius 3 is 2.46 bits per heavy atom. The molecule has 0 radical (unpaired) electrons. The number of rotatable bonds is 7. The first-order chi connectivity index (χ1) is 13.5. The fourth-order valence-corrected chi connectivity index (χ4v) is 3.37. The third-order valence-corrected chi connectivity index (χ3v) is 4.68. The van der Waals surface area contributed by atoms with Gasteiger partial charge >= 0.3 is 6.61 Å². The minimum absolute atomic E-state index is 0.0540. The zero-order valence-electron chi connectivity index (χ0n) is 15.8. The highest BCUT2D eigenvalue weighted by molar-refractivity contribution is 5.92. The first kappa shape index (κ1) is 19.9. The van der Waals surface area contributed by atoms with Gasteiger partial charge in [-0.3, -0.25) is 4.79 Å². The van der Waals surface area contributed by atoms with E-state index >= 15 is 0 Å². The van der Waals surface area contributed by atoms with Crippen molar-refractivity contribution in [3.63, 3.8) is 0 Å². The molecule has 1 aliphatic heterocycles. The molecular formula is C20H23F2N2O4+. The van der Waals surface area contributed by atoms with Crippen molar-refractivity contribution in [1.82, 2.24) is 0 Å². The van der Waals surface area contributed by atoms with Gasteiger partial charge in [0.05, 0.1) is 26.5 Å². The Balaban J connectivity index is 1.65. The van der Waals surface area contributed by atoms with Crippen LogP contribution < -0.4 is 24.4 Å². The second-order valence-electron chi connectivity index (χ2n) is 6.50. The van der Waals surface area contributed by atoms with Crippen molar-refractivity contribution in [3.8, 4) is 17.2 Å². The van der Waals surface area contributed by atoms with Gasteiger partial charge in [-0.25, -0.2) is 0 Å². The first-order valence-corrected chi connectivity index (χ1v) is 8.91. The van der Waals surface area contributed by atoms with E-state index in [4.69, 9.17) is 9.47 Å². The maximum absolute atomic E-state index is 12.5. The second-order valence-corrected chi connectivity index (χ2v) is 6.50. The van der Waals surface area contributed by atoms with E-state index in [1.165, 1.54) is 17.7 Å². The van der Waals surface area contributed by atoms with E-state index in [2.05, 4.69) is 10.1 Å². The van der Waals surface area contributed by atoms with Crippen molar-refractivity contribution < 1.29 is 32.7 Å². The van der Waals surface area contributed by atoms with Crippen molar-refractivity contribution in [2.45, 2.75) is 19.6 Å². The fourth-order valence-electron chi connectivity index (χ4n) is 3.37. The number of halogens is 2. The molecule has 28 heavy (non-hydrogen) atoms. The Bertz CT molecular complexity index is 845. The third-order valence-electron chi connectivity index (χ3n) is 4.68. The van der Waals surface area contributed by atoms with Gasteiger partial charge in [-0.15, -0.1) is 0 Å². The molecule has 0 saturated carbocycles. The van der Waals surface area contributed by atoms with Crippen LogP contribution in [0, 0.1) is 0 Å². The normalized spacial score (nSPS) is 15.7. The lowest BCUT2D eigenvalue weighted by Crippen LogP contribution is -3.12. The van der Waals surface area contributed by atoms with Gasteiger partial charge in [0.15, 0.2) is 18.0 Å². The minimum atomic E-state index is -2.95. The Hall–Kier alpha value is -2.87. The van der Waals surface area contributed by atoms with Crippen molar-refractivity contribution in [3.05, 3.63) is 47.5 Å². The van der Waals surface area contributed by atoms with Gasteiger partial charge in [-0.2, -0.15) is 8.78 Å². The SMILES string of the molecule is COc1cc2c(cc1OC)C[NH+](CC(=O)Nc1ccccc1OC(F)F)CC2. The van der Waals surface area contributed by atoms with E-state index < -0.39 is 6.61 Å². The lowest BCUT2D eigenvalue weighted by atomic mass is 9.99. The predicted octanol–water partition coefficient (Wildman–Crippen LogP) is 1.88. The van der Waals surface area contributed by atoms with E-state index in [1.807, 2.05) is 12.1 Å². The lowest BCUT2D eigenvalue weighted by Gasteiger charge is -2.26. The topological polar surface area (TPSA) is 61.2 Å². The molecule has 2 aromatic carbocycles. The number of hydrogen-bond donors (Lipinski definition) is 2. The van der Waals surface area contributed by atoms with Crippen LogP contribution in [0.4, 0.5) is 14.5 Å². The smallest absolute Gasteiger partial charge is 0.387 e. The molecule has 1 unspecified atom stereocenters. The summed E-state index contributed by atoms with van der Waals surface area (Å²) in [5.41, 5.74) is 2.52. The van der Waals surface area contributed by atoms with Crippen molar-refractivity contribution >= 4 is 11.6 Å². The van der Waals surface area contributed by atoms with E-state index in [9.17, 15) is 13.6 Å². The number of carbonyl (C=O) groups is 1. The molecule has 8 heteroatoms. The molecule has 3 rings (SSSR count). The second kappa shape index (κ2) is 8.88. The summed E-state index contributed by atoms with van der Waals surface area (Å²) < 4.78 is 40.2. The van der Waals surface area contributed by atoms with Crippen molar-refractivity contribution in [2.24, 2.45) is 0 Å². The number of nitrogens with one attached hydrogen (secondary N) is 2. The summed E-state index contributed by atoms with van der Waals surface area (Å²) in [7, 11) is 3.19. The molecule has 1 aliphatic rings. The largest absolute Gasteiger partial charge is 0.493 e. The molecule has 0 saturated heterocycles. The van der Waals surface area contributed by atoms with E-state index in [0.29, 0.717) is 18.0 Å². The maximum atomic E-state index is 12.5. The number of quaternary nitrogens is 1. The van der Waals surface area contributed by atoms with Crippen LogP contribution in [0.1, 0.15) is 11.1 Å². The Morgan fingerprint density at radius 1 is 1.11 bits per heavy atom. The van der Waals surface area contributed by atoms with Gasteiger partial charge in [0.1, 0.15) is 12.3 Å². The number of ether oxygens (including phenoxy) is 3. The third kappa shape index (κ3) is 4.69. The van der Waals surface area contributed by atoms with Crippen LogP contribution in [-0.4, -0.2) is 39.8 Å². The van der Waals surface area contributed by atoms with Crippen LogP contribution in [0.15, 0.2) is 36.4 Å². The number of methoxy groups -OCH3 is 2. The number of hydrogen-bond acceptors (Lipinski definition) is 4. The van der Waals surface area contributed by atoms with Crippen LogP contribution in [0.3, 0.4) is 0 Å².